The molecule has 0 aliphatic carbocycles. The van der Waals surface area contributed by atoms with Crippen LogP contribution < -0.4 is 9.64 Å². The van der Waals surface area contributed by atoms with Crippen molar-refractivity contribution in [1.29, 1.82) is 0 Å². The first-order chi connectivity index (χ1) is 19.9. The van der Waals surface area contributed by atoms with Crippen LogP contribution in [0.15, 0.2) is 54.7 Å². The van der Waals surface area contributed by atoms with Crippen molar-refractivity contribution in [2.24, 2.45) is 0 Å². The highest BCUT2D eigenvalue weighted by molar-refractivity contribution is 6.21. The molecule has 2 aromatic heterocycles. The lowest BCUT2D eigenvalue weighted by molar-refractivity contribution is 0.0643. The molecule has 2 aliphatic rings. The number of hydrogen-bond donors (Lipinski definition) is 1. The zero-order chi connectivity index (χ0) is 28.7. The van der Waals surface area contributed by atoms with Crippen molar-refractivity contribution >= 4 is 29.2 Å². The third kappa shape index (κ3) is 4.66. The largest absolute Gasteiger partial charge is 0.493 e. The molecule has 11 heteroatoms. The Morgan fingerprint density at radius 2 is 1.88 bits per heavy atom. The molecular formula is C30H28FN5O5. The maximum Gasteiger partial charge on any atom is 0.341 e. The number of benzene rings is 2. The number of aromatic carboxylic acids is 1. The fourth-order valence-corrected chi connectivity index (χ4v) is 5.71. The van der Waals surface area contributed by atoms with E-state index in [2.05, 4.69) is 10.1 Å². The number of carbonyl (C=O) groups is 3. The Labute approximate surface area is 235 Å². The van der Waals surface area contributed by atoms with Crippen LogP contribution >= 0.6 is 0 Å². The lowest BCUT2D eigenvalue weighted by Crippen LogP contribution is -2.31. The number of aryl methyl sites for hydroxylation is 1. The summed E-state index contributed by atoms with van der Waals surface area (Å²) in [7, 11) is 0. The van der Waals surface area contributed by atoms with Gasteiger partial charge in [0.25, 0.3) is 11.8 Å². The number of fused-ring (bicyclic) bond motifs is 2. The summed E-state index contributed by atoms with van der Waals surface area (Å²) in [5.41, 5.74) is 2.28. The minimum absolute atomic E-state index is 0.0814. The molecule has 41 heavy (non-hydrogen) atoms. The summed E-state index contributed by atoms with van der Waals surface area (Å²) < 4.78 is 22.0. The Bertz CT molecular complexity index is 1650. The van der Waals surface area contributed by atoms with Gasteiger partial charge in [-0.25, -0.2) is 18.7 Å². The second kappa shape index (κ2) is 10.6. The summed E-state index contributed by atoms with van der Waals surface area (Å²) in [6, 6.07) is 12.7. The van der Waals surface area contributed by atoms with Crippen molar-refractivity contribution in [3.63, 3.8) is 0 Å². The van der Waals surface area contributed by atoms with Gasteiger partial charge in [-0.05, 0) is 62.1 Å². The number of carboxylic acids is 1. The molecule has 1 N–H and O–H groups in total. The minimum Gasteiger partial charge on any atom is -0.493 e. The quantitative estimate of drug-likeness (QED) is 0.236. The summed E-state index contributed by atoms with van der Waals surface area (Å²) in [5.74, 6) is -1.02. The standard InChI is InChI=1S/C30H28FN5O5/c1-2-22-26(30(39)40)27-32-25(12-15-36(27)33-22)34-13-5-9-23(34)21-17-18(31)10-11-24(21)41-16-6-14-35-28(37)19-7-3-4-8-20(19)29(35)38/h3-4,7-8,10-12,15,17,23H,2,5-6,9,13-14,16H2,1H3,(H,39,40). The van der Waals surface area contributed by atoms with E-state index < -0.39 is 11.8 Å². The van der Waals surface area contributed by atoms with Crippen LogP contribution in [-0.4, -0.2) is 62.1 Å². The molecule has 2 aliphatic heterocycles. The topological polar surface area (TPSA) is 117 Å². The highest BCUT2D eigenvalue weighted by Crippen LogP contribution is 2.40. The van der Waals surface area contributed by atoms with E-state index in [4.69, 9.17) is 4.74 Å². The summed E-state index contributed by atoms with van der Waals surface area (Å²) in [6.45, 7) is 2.93. The van der Waals surface area contributed by atoms with Crippen molar-refractivity contribution in [3.05, 3.63) is 88.5 Å². The molecule has 1 fully saturated rings. The number of amides is 2. The van der Waals surface area contributed by atoms with Gasteiger partial charge in [0, 0.05) is 24.8 Å². The number of carboxylic acid groups (broad SMARTS) is 1. The molecule has 0 bridgehead atoms. The lowest BCUT2D eigenvalue weighted by atomic mass is 10.0. The Hall–Kier alpha value is -4.80. The molecule has 1 atom stereocenters. The molecule has 4 heterocycles. The van der Waals surface area contributed by atoms with E-state index in [1.54, 1.807) is 42.6 Å². The third-order valence-corrected chi connectivity index (χ3v) is 7.63. The molecule has 0 spiro atoms. The molecule has 1 unspecified atom stereocenters. The lowest BCUT2D eigenvalue weighted by Gasteiger charge is -2.27. The number of hydrogen-bond acceptors (Lipinski definition) is 7. The highest BCUT2D eigenvalue weighted by Gasteiger charge is 2.35. The fourth-order valence-electron chi connectivity index (χ4n) is 5.71. The summed E-state index contributed by atoms with van der Waals surface area (Å²) >= 11 is 0. The second-order valence-electron chi connectivity index (χ2n) is 10.1. The number of carbonyl (C=O) groups excluding carboxylic acids is 2. The average Bonchev–Trinajstić information content (AvgIpc) is 3.67. The van der Waals surface area contributed by atoms with Crippen molar-refractivity contribution in [1.82, 2.24) is 19.5 Å². The Kier molecular flexibility index (Phi) is 6.86. The molecule has 10 nitrogen and oxygen atoms in total. The molecule has 0 saturated carbocycles. The van der Waals surface area contributed by atoms with Crippen molar-refractivity contribution in [2.45, 2.75) is 38.6 Å². The van der Waals surface area contributed by atoms with E-state index in [1.807, 2.05) is 11.8 Å². The van der Waals surface area contributed by atoms with Gasteiger partial charge < -0.3 is 14.7 Å². The summed E-state index contributed by atoms with van der Waals surface area (Å²) in [4.78, 5) is 45.2. The van der Waals surface area contributed by atoms with Crippen LogP contribution in [0.3, 0.4) is 0 Å². The predicted molar refractivity (Wildman–Crippen MR) is 147 cm³/mol. The number of halogens is 1. The van der Waals surface area contributed by atoms with Crippen molar-refractivity contribution < 1.29 is 28.6 Å². The van der Waals surface area contributed by atoms with Gasteiger partial charge in [-0.1, -0.05) is 19.1 Å². The molecule has 210 valence electrons. The van der Waals surface area contributed by atoms with Crippen molar-refractivity contribution in [2.75, 3.05) is 24.6 Å². The summed E-state index contributed by atoms with van der Waals surface area (Å²) in [6.07, 6.45) is 4.13. The maximum absolute atomic E-state index is 14.5. The number of imide groups is 1. The van der Waals surface area contributed by atoms with E-state index in [-0.39, 0.29) is 42.2 Å². The van der Waals surface area contributed by atoms with Crippen molar-refractivity contribution in [3.8, 4) is 5.75 Å². The van der Waals surface area contributed by atoms with Gasteiger partial charge in [-0.3, -0.25) is 14.5 Å². The number of ether oxygens (including phenoxy) is 1. The van der Waals surface area contributed by atoms with Gasteiger partial charge in [0.2, 0.25) is 0 Å². The van der Waals surface area contributed by atoms with Crippen LogP contribution in [0.4, 0.5) is 10.2 Å². The maximum atomic E-state index is 14.5. The molecule has 1 saturated heterocycles. The normalized spacial score (nSPS) is 16.6. The summed E-state index contributed by atoms with van der Waals surface area (Å²) in [5, 5.41) is 14.1. The van der Waals surface area contributed by atoms with Gasteiger partial charge in [0.1, 0.15) is 22.9 Å². The first kappa shape index (κ1) is 26.4. The van der Waals surface area contributed by atoms with Crippen LogP contribution in [0, 0.1) is 5.82 Å². The van der Waals surface area contributed by atoms with Gasteiger partial charge in [-0.15, -0.1) is 0 Å². The second-order valence-corrected chi connectivity index (χ2v) is 10.1. The fraction of sp³-hybridized carbons (Fsp3) is 0.300. The van der Waals surface area contributed by atoms with Crippen LogP contribution in [-0.2, 0) is 6.42 Å². The van der Waals surface area contributed by atoms with Gasteiger partial charge in [0.15, 0.2) is 5.65 Å². The smallest absolute Gasteiger partial charge is 0.341 e. The molecular weight excluding hydrogens is 529 g/mol. The predicted octanol–water partition coefficient (Wildman–Crippen LogP) is 4.54. The number of anilines is 1. The molecule has 2 amide bonds. The average molecular weight is 558 g/mol. The van der Waals surface area contributed by atoms with Crippen LogP contribution in [0.25, 0.3) is 5.65 Å². The Balaban J connectivity index is 1.20. The SMILES string of the molecule is CCc1nn2ccc(N3CCCC3c3cc(F)ccc3OCCCN3C(=O)c4ccccc4C3=O)nc2c1C(=O)O. The van der Waals surface area contributed by atoms with Crippen LogP contribution in [0.5, 0.6) is 5.75 Å². The van der Waals surface area contributed by atoms with E-state index in [9.17, 15) is 23.9 Å². The third-order valence-electron chi connectivity index (χ3n) is 7.63. The Morgan fingerprint density at radius 1 is 1.12 bits per heavy atom. The molecule has 0 radical (unpaired) electrons. The Morgan fingerprint density at radius 3 is 2.59 bits per heavy atom. The molecule has 6 rings (SSSR count). The van der Waals surface area contributed by atoms with Gasteiger partial charge >= 0.3 is 5.97 Å². The number of nitrogens with zero attached hydrogens (tertiary/aromatic N) is 5. The first-order valence-electron chi connectivity index (χ1n) is 13.6. The van der Waals surface area contributed by atoms with Crippen LogP contribution in [0.1, 0.15) is 74.6 Å². The zero-order valence-electron chi connectivity index (χ0n) is 22.4. The highest BCUT2D eigenvalue weighted by atomic mass is 19.1. The molecule has 4 aromatic rings. The monoisotopic (exact) mass is 557 g/mol. The van der Waals surface area contributed by atoms with Gasteiger partial charge in [-0.2, -0.15) is 5.10 Å². The van der Waals surface area contributed by atoms with E-state index in [0.717, 1.165) is 12.8 Å². The van der Waals surface area contributed by atoms with E-state index in [1.165, 1.54) is 21.5 Å². The zero-order valence-corrected chi connectivity index (χ0v) is 22.4. The minimum atomic E-state index is -1.08. The van der Waals surface area contributed by atoms with Gasteiger partial charge in [0.05, 0.1) is 29.5 Å². The van der Waals surface area contributed by atoms with E-state index in [0.29, 0.717) is 53.3 Å². The number of aromatic nitrogens is 3. The van der Waals surface area contributed by atoms with E-state index >= 15 is 0 Å². The van der Waals surface area contributed by atoms with Crippen LogP contribution in [0.2, 0.25) is 0 Å². The molecule has 2 aromatic carbocycles. The number of rotatable bonds is 9. The first-order valence-corrected chi connectivity index (χ1v) is 13.6.